The topological polar surface area (TPSA) is 0 Å². The van der Waals surface area contributed by atoms with Gasteiger partial charge in [0.25, 0.3) is 0 Å². The predicted molar refractivity (Wildman–Crippen MR) is 194 cm³/mol. The molecule has 4 aromatic rings. The Morgan fingerprint density at radius 2 is 1.34 bits per heavy atom. The van der Waals surface area contributed by atoms with E-state index in [1.54, 1.807) is 20.9 Å². The number of halogens is 2. The summed E-state index contributed by atoms with van der Waals surface area (Å²) in [5.74, 6) is 0.438. The Morgan fingerprint density at radius 1 is 0.727 bits per heavy atom. The summed E-state index contributed by atoms with van der Waals surface area (Å²) in [6, 6.07) is 34.4. The molecule has 2 aliphatic carbocycles. The van der Waals surface area contributed by atoms with Crippen LogP contribution in [0.5, 0.6) is 0 Å². The minimum absolute atomic E-state index is 0. The quantitative estimate of drug-likeness (QED) is 0.175. The van der Waals surface area contributed by atoms with Crippen LogP contribution in [0.15, 0.2) is 106 Å². The second kappa shape index (κ2) is 13.2. The Balaban J connectivity index is 0.00000221. The van der Waals surface area contributed by atoms with Crippen molar-refractivity contribution in [3.63, 3.8) is 0 Å². The summed E-state index contributed by atoms with van der Waals surface area (Å²) < 4.78 is 5.05. The molecule has 0 nitrogen and oxygen atoms in total. The van der Waals surface area contributed by atoms with E-state index in [1.807, 2.05) is 0 Å². The molecule has 2 aliphatic rings. The fourth-order valence-corrected chi connectivity index (χ4v) is 15.8. The maximum atomic E-state index is 2.59. The molecule has 0 fully saturated rings. The van der Waals surface area contributed by atoms with Crippen molar-refractivity contribution >= 4 is 36.9 Å². The van der Waals surface area contributed by atoms with E-state index in [4.69, 9.17) is 0 Å². The zero-order valence-corrected chi connectivity index (χ0v) is 31.5. The molecule has 0 N–H and O–H groups in total. The third kappa shape index (κ3) is 6.49. The molecule has 0 saturated heterocycles. The number of hydrogen-bond acceptors (Lipinski definition) is 0. The van der Waals surface area contributed by atoms with E-state index in [0.29, 0.717) is 5.92 Å². The van der Waals surface area contributed by atoms with Gasteiger partial charge in [0, 0.05) is 0 Å². The zero-order chi connectivity index (χ0) is 29.8. The van der Waals surface area contributed by atoms with Crippen LogP contribution in [0.3, 0.4) is 0 Å². The zero-order valence-electron chi connectivity index (χ0n) is 27.4. The van der Waals surface area contributed by atoms with E-state index < -0.39 is 21.3 Å². The fourth-order valence-electron chi connectivity index (χ4n) is 6.85. The van der Waals surface area contributed by atoms with E-state index in [2.05, 4.69) is 159 Å². The molecular weight excluding hydrogens is 655 g/mol. The largest absolute Gasteiger partial charge is 0.147 e. The monoisotopic (exact) mass is 698 g/mol. The van der Waals surface area contributed by atoms with Gasteiger partial charge in [0.15, 0.2) is 0 Å². The van der Waals surface area contributed by atoms with Crippen LogP contribution in [0.1, 0.15) is 88.8 Å². The molecule has 0 aromatic heterocycles. The number of hydrogen-bond donors (Lipinski definition) is 0. The third-order valence-corrected chi connectivity index (χ3v) is 17.3. The molecule has 0 heterocycles. The van der Waals surface area contributed by atoms with Gasteiger partial charge in [-0.05, 0) is 0 Å². The van der Waals surface area contributed by atoms with Crippen molar-refractivity contribution in [3.05, 3.63) is 140 Å². The van der Waals surface area contributed by atoms with E-state index >= 15 is 0 Å². The number of allylic oxidation sites excluding steroid dienone is 4. The van der Waals surface area contributed by atoms with Gasteiger partial charge in [-0.2, -0.15) is 0 Å². The summed E-state index contributed by atoms with van der Waals surface area (Å²) in [5.41, 5.74) is 13.3. The normalized spacial score (nSPS) is 16.1. The van der Waals surface area contributed by atoms with Gasteiger partial charge in [-0.3, -0.25) is 0 Å². The molecule has 1 atom stereocenters. The van der Waals surface area contributed by atoms with E-state index in [1.165, 1.54) is 39.0 Å². The molecule has 1 unspecified atom stereocenters. The molecular formula is C41H46Cl2Zr. The molecule has 0 amide bonds. The first kappa shape index (κ1) is 34.6. The van der Waals surface area contributed by atoms with Gasteiger partial charge in [0.05, 0.1) is 0 Å². The van der Waals surface area contributed by atoms with Gasteiger partial charge >= 0.3 is 263 Å². The van der Waals surface area contributed by atoms with Gasteiger partial charge in [-0.1, -0.05) is 0 Å². The summed E-state index contributed by atoms with van der Waals surface area (Å²) in [6.45, 7) is 19.1. The van der Waals surface area contributed by atoms with Crippen LogP contribution >= 0.6 is 24.8 Å². The first-order chi connectivity index (χ1) is 19.9. The van der Waals surface area contributed by atoms with Crippen molar-refractivity contribution in [1.82, 2.24) is 0 Å². The Kier molecular flexibility index (Phi) is 10.4. The Hall–Kier alpha value is -2.31. The molecule has 6 rings (SSSR count). The molecule has 44 heavy (non-hydrogen) atoms. The SMILES string of the molecule is C/[C](c1ccccc1)=[Zr](\[C]1=CC(c2ccccc2)=CC1C)[c]1c(C(C)(C)C)ccc2c1Cc1cc(C(C)(C)C)ccc1-2.Cl.Cl. The first-order valence-electron chi connectivity index (χ1n) is 15.5. The standard InChI is InChI=1S/C21H25.C12H11.C8H8.2ClH.Zr/c1-20(2,3)16-7-9-18-14(12-16)11-15-13-17(21(4,5)6)8-10-19(15)18;1-10-7-8-12(9-10)11-5-3-2-4-6-11;1-2-8-6-4-3-5-7-8;;;/h7-10,12H,11H2,1-6H3;2-6,8-10H,1H3;3-7H,1H3;2*1H;. The summed E-state index contributed by atoms with van der Waals surface area (Å²) in [5, 5.41) is 0. The van der Waals surface area contributed by atoms with Crippen LogP contribution in [-0.2, 0) is 38.5 Å². The second-order valence-electron chi connectivity index (χ2n) is 14.3. The van der Waals surface area contributed by atoms with Crippen LogP contribution in [0, 0.1) is 5.92 Å². The molecule has 3 heteroatoms. The van der Waals surface area contributed by atoms with Crippen molar-refractivity contribution < 1.29 is 21.3 Å². The average Bonchev–Trinajstić information content (AvgIpc) is 3.53. The summed E-state index contributed by atoms with van der Waals surface area (Å²) in [6.07, 6.45) is 6.15. The Morgan fingerprint density at radius 3 is 1.95 bits per heavy atom. The van der Waals surface area contributed by atoms with Crippen LogP contribution in [0.25, 0.3) is 16.7 Å². The van der Waals surface area contributed by atoms with Crippen molar-refractivity contribution in [1.29, 1.82) is 0 Å². The smallest absolute Gasteiger partial charge is 0.147 e. The van der Waals surface area contributed by atoms with Gasteiger partial charge in [0.1, 0.15) is 0 Å². The van der Waals surface area contributed by atoms with Crippen molar-refractivity contribution in [2.45, 2.75) is 72.6 Å². The van der Waals surface area contributed by atoms with Crippen LogP contribution in [0.2, 0.25) is 0 Å². The van der Waals surface area contributed by atoms with Crippen molar-refractivity contribution in [2.24, 2.45) is 5.92 Å². The second-order valence-corrected chi connectivity index (χ2v) is 20.6. The molecule has 4 aromatic carbocycles. The number of rotatable bonds is 4. The minimum atomic E-state index is -2.66. The van der Waals surface area contributed by atoms with E-state index in [0.717, 1.165) is 6.42 Å². The minimum Gasteiger partial charge on any atom is -0.147 e. The van der Waals surface area contributed by atoms with Gasteiger partial charge in [-0.25, -0.2) is 0 Å². The molecule has 0 bridgehead atoms. The number of fused-ring (bicyclic) bond motifs is 3. The molecule has 0 radical (unpaired) electrons. The van der Waals surface area contributed by atoms with Crippen molar-refractivity contribution in [3.8, 4) is 11.1 Å². The first-order valence-corrected chi connectivity index (χ1v) is 19.2. The van der Waals surface area contributed by atoms with Gasteiger partial charge < -0.3 is 0 Å². The molecule has 228 valence electrons. The Bertz CT molecular complexity index is 1760. The summed E-state index contributed by atoms with van der Waals surface area (Å²) in [4.78, 5) is 0. The number of benzene rings is 4. The maximum absolute atomic E-state index is 2.66. The molecule has 0 saturated carbocycles. The van der Waals surface area contributed by atoms with Crippen LogP contribution in [0.4, 0.5) is 0 Å². The third-order valence-electron chi connectivity index (χ3n) is 9.21. The fraction of sp³-hybridized carbons (Fsp3) is 0.293. The van der Waals surface area contributed by atoms with E-state index in [-0.39, 0.29) is 35.6 Å². The van der Waals surface area contributed by atoms with E-state index in [9.17, 15) is 0 Å². The average molecular weight is 701 g/mol. The Labute approximate surface area is 285 Å². The van der Waals surface area contributed by atoms with Crippen LogP contribution in [-0.4, -0.2) is 3.21 Å². The molecule has 0 aliphatic heterocycles. The summed E-state index contributed by atoms with van der Waals surface area (Å²) >= 11 is -2.66. The van der Waals surface area contributed by atoms with Crippen LogP contribution < -0.4 is 3.27 Å². The van der Waals surface area contributed by atoms with Gasteiger partial charge in [0.2, 0.25) is 0 Å². The summed E-state index contributed by atoms with van der Waals surface area (Å²) in [7, 11) is 0. The molecule has 0 spiro atoms. The predicted octanol–water partition coefficient (Wildman–Crippen LogP) is 10.8. The van der Waals surface area contributed by atoms with Gasteiger partial charge in [-0.15, -0.1) is 24.8 Å². The van der Waals surface area contributed by atoms with Crippen molar-refractivity contribution in [2.75, 3.05) is 0 Å². The maximum Gasteiger partial charge on any atom is -0.147 e.